The van der Waals surface area contributed by atoms with Crippen LogP contribution in [0, 0.1) is 0 Å². The van der Waals surface area contributed by atoms with E-state index in [0.29, 0.717) is 0 Å². The highest BCUT2D eigenvalue weighted by molar-refractivity contribution is 7.21. The number of fused-ring (bicyclic) bond motifs is 4. The van der Waals surface area contributed by atoms with Crippen LogP contribution in [0.1, 0.15) is 0 Å². The molecule has 0 aliphatic carbocycles. The number of thiazole rings is 1. The molecule has 0 bridgehead atoms. The van der Waals surface area contributed by atoms with Gasteiger partial charge in [0.1, 0.15) is 5.01 Å². The molecule has 3 aromatic heterocycles. The van der Waals surface area contributed by atoms with Crippen molar-refractivity contribution in [2.75, 3.05) is 0 Å². The maximum Gasteiger partial charge on any atom is 0.124 e. The molecule has 46 heavy (non-hydrogen) atoms. The van der Waals surface area contributed by atoms with E-state index in [2.05, 4.69) is 150 Å². The molecule has 0 unspecified atom stereocenters. The minimum atomic E-state index is 0.948. The Morgan fingerprint density at radius 2 is 1.17 bits per heavy atom. The van der Waals surface area contributed by atoms with Gasteiger partial charge in [-0.05, 0) is 65.2 Å². The van der Waals surface area contributed by atoms with Crippen LogP contribution in [-0.4, -0.2) is 14.5 Å². The van der Waals surface area contributed by atoms with Crippen LogP contribution in [0.15, 0.2) is 164 Å². The Bertz CT molecular complexity index is 2480. The lowest BCUT2D eigenvalue weighted by molar-refractivity contribution is 1.18. The van der Waals surface area contributed by atoms with E-state index in [-0.39, 0.29) is 0 Å². The molecule has 9 aromatic rings. The average Bonchev–Trinajstić information content (AvgIpc) is 3.71. The maximum absolute atomic E-state index is 4.98. The SMILES string of the molecule is c1ccc(-c2ccc(-c3cccc(-n4c5ccc(-c6ccccc6)cc5c5ccc(-c6nc7ccccc7s6)cc54)c3)nc2)cc1. The van der Waals surface area contributed by atoms with Crippen molar-refractivity contribution in [3.8, 4) is 49.8 Å². The van der Waals surface area contributed by atoms with E-state index in [9.17, 15) is 0 Å². The molecule has 3 heterocycles. The third-order valence-electron chi connectivity index (χ3n) is 8.68. The molecule has 0 saturated carbocycles. The van der Waals surface area contributed by atoms with Gasteiger partial charge in [0.2, 0.25) is 0 Å². The Balaban J connectivity index is 1.22. The maximum atomic E-state index is 4.98. The fourth-order valence-corrected chi connectivity index (χ4v) is 7.37. The number of hydrogen-bond donors (Lipinski definition) is 0. The zero-order chi connectivity index (χ0) is 30.5. The van der Waals surface area contributed by atoms with Gasteiger partial charge >= 0.3 is 0 Å². The summed E-state index contributed by atoms with van der Waals surface area (Å²) >= 11 is 1.74. The smallest absolute Gasteiger partial charge is 0.124 e. The summed E-state index contributed by atoms with van der Waals surface area (Å²) in [6.07, 6.45) is 1.97. The second-order valence-corrected chi connectivity index (χ2v) is 12.5. The summed E-state index contributed by atoms with van der Waals surface area (Å²) in [6.45, 7) is 0. The third kappa shape index (κ3) is 4.59. The summed E-state index contributed by atoms with van der Waals surface area (Å²) in [7, 11) is 0. The molecule has 3 nitrogen and oxygen atoms in total. The summed E-state index contributed by atoms with van der Waals surface area (Å²) in [5.74, 6) is 0. The van der Waals surface area contributed by atoms with E-state index in [0.717, 1.165) is 44.1 Å². The van der Waals surface area contributed by atoms with Crippen molar-refractivity contribution >= 4 is 43.4 Å². The van der Waals surface area contributed by atoms with E-state index >= 15 is 0 Å². The number of para-hydroxylation sites is 1. The van der Waals surface area contributed by atoms with Gasteiger partial charge in [-0.1, -0.05) is 109 Å². The van der Waals surface area contributed by atoms with Crippen LogP contribution in [0.4, 0.5) is 0 Å². The normalized spacial score (nSPS) is 11.5. The topological polar surface area (TPSA) is 30.7 Å². The largest absolute Gasteiger partial charge is 0.309 e. The second-order valence-electron chi connectivity index (χ2n) is 11.5. The van der Waals surface area contributed by atoms with Crippen LogP contribution >= 0.6 is 11.3 Å². The minimum Gasteiger partial charge on any atom is -0.309 e. The number of rotatable bonds is 5. The van der Waals surface area contributed by atoms with Gasteiger partial charge in [0, 0.05) is 39.3 Å². The van der Waals surface area contributed by atoms with Crippen molar-refractivity contribution in [1.29, 1.82) is 0 Å². The fourth-order valence-electron chi connectivity index (χ4n) is 6.41. The Hall–Kier alpha value is -5.84. The van der Waals surface area contributed by atoms with Crippen molar-refractivity contribution in [2.24, 2.45) is 0 Å². The van der Waals surface area contributed by atoms with Crippen LogP contribution in [0.5, 0.6) is 0 Å². The number of nitrogens with zero attached hydrogens (tertiary/aromatic N) is 3. The second kappa shape index (κ2) is 11.0. The standard InChI is InChI=1S/C42H27N3S/c1-3-10-28(11-4-1)30-20-23-39-36(25-30)35-21-18-32(42-44-38-16-7-8-17-41(38)46-42)26-40(35)45(39)34-15-9-14-31(24-34)37-22-19-33(27-43-37)29-12-5-2-6-13-29/h1-27H. The van der Waals surface area contributed by atoms with E-state index in [1.165, 1.54) is 37.7 Å². The monoisotopic (exact) mass is 605 g/mol. The molecule has 0 aliphatic rings. The first-order valence-corrected chi connectivity index (χ1v) is 16.2. The molecule has 0 fully saturated rings. The Morgan fingerprint density at radius 3 is 1.96 bits per heavy atom. The van der Waals surface area contributed by atoms with Gasteiger partial charge in [0.05, 0.1) is 26.9 Å². The van der Waals surface area contributed by atoms with E-state index in [1.54, 1.807) is 11.3 Å². The molecule has 0 aliphatic heterocycles. The van der Waals surface area contributed by atoms with Crippen molar-refractivity contribution in [3.63, 3.8) is 0 Å². The van der Waals surface area contributed by atoms with Gasteiger partial charge in [-0.2, -0.15) is 0 Å². The fraction of sp³-hybridized carbons (Fsp3) is 0. The average molecular weight is 606 g/mol. The van der Waals surface area contributed by atoms with Crippen molar-refractivity contribution in [1.82, 2.24) is 14.5 Å². The molecular weight excluding hydrogens is 579 g/mol. The molecule has 0 N–H and O–H groups in total. The zero-order valence-electron chi connectivity index (χ0n) is 24.8. The van der Waals surface area contributed by atoms with Gasteiger partial charge in [-0.15, -0.1) is 11.3 Å². The minimum absolute atomic E-state index is 0.948. The van der Waals surface area contributed by atoms with Crippen LogP contribution in [0.25, 0.3) is 81.8 Å². The van der Waals surface area contributed by atoms with Gasteiger partial charge in [-0.3, -0.25) is 4.98 Å². The highest BCUT2D eigenvalue weighted by Crippen LogP contribution is 2.39. The highest BCUT2D eigenvalue weighted by Gasteiger charge is 2.16. The number of aromatic nitrogens is 3. The highest BCUT2D eigenvalue weighted by atomic mass is 32.1. The van der Waals surface area contributed by atoms with Crippen LogP contribution < -0.4 is 0 Å². The molecule has 9 rings (SSSR count). The molecule has 216 valence electrons. The third-order valence-corrected chi connectivity index (χ3v) is 9.77. The quantitative estimate of drug-likeness (QED) is 0.195. The molecular formula is C42H27N3S. The summed E-state index contributed by atoms with van der Waals surface area (Å²) in [6, 6.07) is 55.9. The van der Waals surface area contributed by atoms with E-state index < -0.39 is 0 Å². The van der Waals surface area contributed by atoms with Gasteiger partial charge in [0.15, 0.2) is 0 Å². The molecule has 6 aromatic carbocycles. The van der Waals surface area contributed by atoms with Crippen LogP contribution in [0.2, 0.25) is 0 Å². The predicted octanol–water partition coefficient (Wildman–Crippen LogP) is 11.5. The molecule has 0 atom stereocenters. The lowest BCUT2D eigenvalue weighted by Crippen LogP contribution is -1.95. The first-order valence-electron chi connectivity index (χ1n) is 15.4. The summed E-state index contributed by atoms with van der Waals surface area (Å²) in [5.41, 5.74) is 12.3. The van der Waals surface area contributed by atoms with Gasteiger partial charge in [-0.25, -0.2) is 4.98 Å². The van der Waals surface area contributed by atoms with Crippen molar-refractivity contribution in [3.05, 3.63) is 164 Å². The number of hydrogen-bond acceptors (Lipinski definition) is 3. The van der Waals surface area contributed by atoms with E-state index in [1.807, 2.05) is 18.3 Å². The lowest BCUT2D eigenvalue weighted by atomic mass is 10.0. The first kappa shape index (κ1) is 26.6. The lowest BCUT2D eigenvalue weighted by Gasteiger charge is -2.11. The van der Waals surface area contributed by atoms with Gasteiger partial charge in [0.25, 0.3) is 0 Å². The number of pyridine rings is 1. The summed E-state index contributed by atoms with van der Waals surface area (Å²) in [4.78, 5) is 9.86. The van der Waals surface area contributed by atoms with Crippen molar-refractivity contribution < 1.29 is 0 Å². The van der Waals surface area contributed by atoms with Crippen molar-refractivity contribution in [2.45, 2.75) is 0 Å². The summed E-state index contributed by atoms with van der Waals surface area (Å²) < 4.78 is 3.59. The number of benzene rings is 6. The molecule has 0 spiro atoms. The van der Waals surface area contributed by atoms with Crippen LogP contribution in [-0.2, 0) is 0 Å². The van der Waals surface area contributed by atoms with Gasteiger partial charge < -0.3 is 4.57 Å². The molecule has 0 amide bonds. The summed E-state index contributed by atoms with van der Waals surface area (Å²) in [5, 5.41) is 3.47. The molecule has 4 heteroatoms. The first-order chi connectivity index (χ1) is 22.8. The zero-order valence-corrected chi connectivity index (χ0v) is 25.7. The predicted molar refractivity (Wildman–Crippen MR) is 193 cm³/mol. The molecule has 0 saturated heterocycles. The molecule has 0 radical (unpaired) electrons. The Kier molecular flexibility index (Phi) is 6.32. The Labute approximate surface area is 270 Å². The van der Waals surface area contributed by atoms with E-state index in [4.69, 9.17) is 9.97 Å². The Morgan fingerprint density at radius 1 is 0.457 bits per heavy atom. The van der Waals surface area contributed by atoms with Crippen LogP contribution in [0.3, 0.4) is 0 Å².